The molecular formula is C24H31FN4O. The lowest BCUT2D eigenvalue weighted by atomic mass is 10.1. The van der Waals surface area contributed by atoms with Gasteiger partial charge in [-0.1, -0.05) is 6.07 Å². The Bertz CT molecular complexity index is 869. The number of halogens is 1. The van der Waals surface area contributed by atoms with Gasteiger partial charge in [0.1, 0.15) is 11.5 Å². The maximum Gasteiger partial charge on any atom is 0.255 e. The van der Waals surface area contributed by atoms with E-state index in [2.05, 4.69) is 33.9 Å². The molecule has 0 saturated carbocycles. The van der Waals surface area contributed by atoms with Crippen molar-refractivity contribution >= 4 is 23.0 Å². The van der Waals surface area contributed by atoms with Crippen molar-refractivity contribution in [1.29, 1.82) is 0 Å². The molecule has 2 aromatic carbocycles. The lowest BCUT2D eigenvalue weighted by Crippen LogP contribution is -2.48. The number of nitrogens with zero attached hydrogens (tertiary/aromatic N) is 3. The quantitative estimate of drug-likeness (QED) is 0.802. The standard InChI is InChI=1S/C24H31FN4O/c1-18(2)27-14-16-28(17-15-27)20-10-8-19(9-11-20)24(30)26-23-21(25)6-5-7-22(23)29-12-3-4-13-29/h5-11,18H,3-4,12-17H2,1-2H3,(H,26,30). The maximum absolute atomic E-state index is 14.5. The molecule has 2 aromatic rings. The van der Waals surface area contributed by atoms with E-state index in [0.29, 0.717) is 11.6 Å². The third-order valence-corrected chi connectivity index (χ3v) is 6.22. The highest BCUT2D eigenvalue weighted by Crippen LogP contribution is 2.31. The van der Waals surface area contributed by atoms with Gasteiger partial charge in [-0.25, -0.2) is 4.39 Å². The average molecular weight is 411 g/mol. The van der Waals surface area contributed by atoms with Gasteiger partial charge in [-0.2, -0.15) is 0 Å². The molecule has 2 fully saturated rings. The largest absolute Gasteiger partial charge is 0.370 e. The van der Waals surface area contributed by atoms with Gasteiger partial charge in [0, 0.05) is 56.6 Å². The van der Waals surface area contributed by atoms with Gasteiger partial charge < -0.3 is 15.1 Å². The van der Waals surface area contributed by atoms with Gasteiger partial charge in [0.15, 0.2) is 0 Å². The first kappa shape index (κ1) is 20.7. The van der Waals surface area contributed by atoms with E-state index in [1.807, 2.05) is 30.3 Å². The minimum atomic E-state index is -0.396. The Morgan fingerprint density at radius 1 is 0.900 bits per heavy atom. The first-order valence-corrected chi connectivity index (χ1v) is 11.0. The summed E-state index contributed by atoms with van der Waals surface area (Å²) in [5, 5.41) is 2.81. The highest BCUT2D eigenvalue weighted by Gasteiger charge is 2.21. The van der Waals surface area contributed by atoms with E-state index in [1.54, 1.807) is 6.07 Å². The molecule has 2 aliphatic rings. The van der Waals surface area contributed by atoms with Gasteiger partial charge >= 0.3 is 0 Å². The van der Waals surface area contributed by atoms with Crippen LogP contribution in [0.15, 0.2) is 42.5 Å². The van der Waals surface area contributed by atoms with Gasteiger partial charge in [0.05, 0.1) is 5.69 Å². The third-order valence-electron chi connectivity index (χ3n) is 6.22. The van der Waals surface area contributed by atoms with Crippen LogP contribution >= 0.6 is 0 Å². The second-order valence-electron chi connectivity index (χ2n) is 8.45. The normalized spacial score (nSPS) is 17.6. The highest BCUT2D eigenvalue weighted by atomic mass is 19.1. The van der Waals surface area contributed by atoms with Gasteiger partial charge in [0.2, 0.25) is 0 Å². The predicted molar refractivity (Wildman–Crippen MR) is 121 cm³/mol. The zero-order chi connectivity index (χ0) is 21.1. The van der Waals surface area contributed by atoms with Crippen LogP contribution in [0.4, 0.5) is 21.5 Å². The summed E-state index contributed by atoms with van der Waals surface area (Å²) in [6.45, 7) is 10.3. The molecule has 2 saturated heterocycles. The van der Waals surface area contributed by atoms with Crippen molar-refractivity contribution in [3.63, 3.8) is 0 Å². The molecule has 0 spiro atoms. The number of hydrogen-bond donors (Lipinski definition) is 1. The number of anilines is 3. The Labute approximate surface area is 178 Å². The summed E-state index contributed by atoms with van der Waals surface area (Å²) in [7, 11) is 0. The van der Waals surface area contributed by atoms with Crippen molar-refractivity contribution in [3.05, 3.63) is 53.8 Å². The first-order chi connectivity index (χ1) is 14.5. The monoisotopic (exact) mass is 410 g/mol. The summed E-state index contributed by atoms with van der Waals surface area (Å²) in [5.74, 6) is -0.677. The molecule has 2 aliphatic heterocycles. The molecule has 0 aliphatic carbocycles. The summed E-state index contributed by atoms with van der Waals surface area (Å²) in [5.41, 5.74) is 2.70. The van der Waals surface area contributed by atoms with Crippen molar-refractivity contribution in [1.82, 2.24) is 4.90 Å². The molecule has 1 N–H and O–H groups in total. The van der Waals surface area contributed by atoms with Gasteiger partial charge in [-0.15, -0.1) is 0 Å². The SMILES string of the molecule is CC(C)N1CCN(c2ccc(C(=O)Nc3c(F)cccc3N3CCCC3)cc2)CC1. The van der Waals surface area contributed by atoms with E-state index in [9.17, 15) is 9.18 Å². The Hall–Kier alpha value is -2.60. The van der Waals surface area contributed by atoms with Crippen molar-refractivity contribution in [2.45, 2.75) is 32.7 Å². The topological polar surface area (TPSA) is 38.8 Å². The van der Waals surface area contributed by atoms with Crippen molar-refractivity contribution in [2.24, 2.45) is 0 Å². The van der Waals surface area contributed by atoms with Gasteiger partial charge in [-0.05, 0) is 63.1 Å². The lowest BCUT2D eigenvalue weighted by Gasteiger charge is -2.38. The Kier molecular flexibility index (Phi) is 6.23. The number of amides is 1. The van der Waals surface area contributed by atoms with Crippen LogP contribution in [0.2, 0.25) is 0 Å². The fourth-order valence-corrected chi connectivity index (χ4v) is 4.36. The van der Waals surface area contributed by atoms with Gasteiger partial charge in [-0.3, -0.25) is 9.69 Å². The Balaban J connectivity index is 1.44. The fourth-order valence-electron chi connectivity index (χ4n) is 4.36. The molecule has 0 unspecified atom stereocenters. The first-order valence-electron chi connectivity index (χ1n) is 11.0. The fraction of sp³-hybridized carbons (Fsp3) is 0.458. The van der Waals surface area contributed by atoms with Crippen LogP contribution in [0.25, 0.3) is 0 Å². The number of carbonyl (C=O) groups excluding carboxylic acids is 1. The number of rotatable bonds is 5. The predicted octanol–water partition coefficient (Wildman–Crippen LogP) is 4.21. The zero-order valence-electron chi connectivity index (χ0n) is 17.9. The maximum atomic E-state index is 14.5. The van der Waals surface area contributed by atoms with E-state index >= 15 is 0 Å². The van der Waals surface area contributed by atoms with E-state index in [1.165, 1.54) is 6.07 Å². The zero-order valence-corrected chi connectivity index (χ0v) is 17.9. The Morgan fingerprint density at radius 2 is 1.57 bits per heavy atom. The summed E-state index contributed by atoms with van der Waals surface area (Å²) >= 11 is 0. The molecular weight excluding hydrogens is 379 g/mol. The van der Waals surface area contributed by atoms with E-state index in [4.69, 9.17) is 0 Å². The lowest BCUT2D eigenvalue weighted by molar-refractivity contribution is 0.102. The molecule has 2 heterocycles. The molecule has 160 valence electrons. The number of piperazine rings is 1. The van der Waals surface area contributed by atoms with Crippen LogP contribution in [-0.4, -0.2) is 56.1 Å². The summed E-state index contributed by atoms with van der Waals surface area (Å²) in [4.78, 5) is 19.8. The minimum absolute atomic E-state index is 0.276. The number of nitrogens with one attached hydrogen (secondary N) is 1. The van der Waals surface area contributed by atoms with E-state index in [0.717, 1.165) is 63.5 Å². The molecule has 4 rings (SSSR count). The van der Waals surface area contributed by atoms with E-state index < -0.39 is 5.82 Å². The Morgan fingerprint density at radius 3 is 2.20 bits per heavy atom. The third kappa shape index (κ3) is 4.43. The number of carbonyl (C=O) groups is 1. The molecule has 0 radical (unpaired) electrons. The van der Waals surface area contributed by atoms with Crippen molar-refractivity contribution in [2.75, 3.05) is 54.4 Å². The molecule has 5 nitrogen and oxygen atoms in total. The summed E-state index contributed by atoms with van der Waals surface area (Å²) < 4.78 is 14.5. The molecule has 30 heavy (non-hydrogen) atoms. The number of benzene rings is 2. The minimum Gasteiger partial charge on any atom is -0.370 e. The molecule has 0 bridgehead atoms. The second kappa shape index (κ2) is 9.04. The van der Waals surface area contributed by atoms with Crippen LogP contribution in [0.3, 0.4) is 0 Å². The van der Waals surface area contributed by atoms with Crippen LogP contribution in [0.1, 0.15) is 37.0 Å². The summed E-state index contributed by atoms with van der Waals surface area (Å²) in [6.07, 6.45) is 2.19. The summed E-state index contributed by atoms with van der Waals surface area (Å²) in [6, 6.07) is 13.2. The second-order valence-corrected chi connectivity index (χ2v) is 8.45. The van der Waals surface area contributed by atoms with Crippen molar-refractivity contribution in [3.8, 4) is 0 Å². The number of hydrogen-bond acceptors (Lipinski definition) is 4. The van der Waals surface area contributed by atoms with Crippen molar-refractivity contribution < 1.29 is 9.18 Å². The van der Waals surface area contributed by atoms with Crippen LogP contribution in [0, 0.1) is 5.82 Å². The molecule has 1 amide bonds. The van der Waals surface area contributed by atoms with Gasteiger partial charge in [0.25, 0.3) is 5.91 Å². The van der Waals surface area contributed by atoms with Crippen LogP contribution in [0.5, 0.6) is 0 Å². The molecule has 0 atom stereocenters. The molecule has 0 aromatic heterocycles. The average Bonchev–Trinajstić information content (AvgIpc) is 3.30. The van der Waals surface area contributed by atoms with Crippen LogP contribution in [-0.2, 0) is 0 Å². The van der Waals surface area contributed by atoms with E-state index in [-0.39, 0.29) is 11.6 Å². The smallest absolute Gasteiger partial charge is 0.255 e. The molecule has 6 heteroatoms. The van der Waals surface area contributed by atoms with Crippen LogP contribution < -0.4 is 15.1 Å². The highest BCUT2D eigenvalue weighted by molar-refractivity contribution is 6.06. The number of para-hydroxylation sites is 1.